The maximum atomic E-state index is 12.2. The minimum Gasteiger partial charge on any atom is -0.326 e. The topological polar surface area (TPSA) is 49.4 Å². The van der Waals surface area contributed by atoms with E-state index in [2.05, 4.69) is 5.32 Å². The lowest BCUT2D eigenvalue weighted by molar-refractivity contribution is -0.116. The van der Waals surface area contributed by atoms with E-state index in [4.69, 9.17) is 0 Å². The first-order valence-corrected chi connectivity index (χ1v) is 7.57. The van der Waals surface area contributed by atoms with Crippen molar-refractivity contribution in [1.82, 2.24) is 0 Å². The zero-order chi connectivity index (χ0) is 17.0. The Balaban J connectivity index is 2.03. The van der Waals surface area contributed by atoms with Crippen LogP contribution in [0.2, 0.25) is 0 Å². The average Bonchev–Trinajstić information content (AvgIpc) is 2.51. The summed E-state index contributed by atoms with van der Waals surface area (Å²) < 4.78 is 0. The average molecular weight is 310 g/mol. The Bertz CT molecular complexity index is 721. The summed E-state index contributed by atoms with van der Waals surface area (Å²) >= 11 is 0. The molecule has 0 atom stereocenters. The van der Waals surface area contributed by atoms with Crippen molar-refractivity contribution in [3.63, 3.8) is 0 Å². The van der Waals surface area contributed by atoms with Crippen molar-refractivity contribution >= 4 is 23.2 Å². The van der Waals surface area contributed by atoms with Crippen molar-refractivity contribution in [3.05, 3.63) is 59.2 Å². The van der Waals surface area contributed by atoms with E-state index in [1.54, 1.807) is 11.9 Å². The molecule has 0 aliphatic rings. The van der Waals surface area contributed by atoms with E-state index >= 15 is 0 Å². The van der Waals surface area contributed by atoms with Crippen molar-refractivity contribution in [3.8, 4) is 0 Å². The summed E-state index contributed by atoms with van der Waals surface area (Å²) in [7, 11) is 1.73. The Kier molecular flexibility index (Phi) is 5.16. The van der Waals surface area contributed by atoms with E-state index in [9.17, 15) is 9.59 Å². The summed E-state index contributed by atoms with van der Waals surface area (Å²) in [6, 6.07) is 13.4. The Morgan fingerprint density at radius 1 is 1.04 bits per heavy atom. The van der Waals surface area contributed by atoms with Crippen molar-refractivity contribution in [2.45, 2.75) is 27.2 Å². The second kappa shape index (κ2) is 7.09. The lowest BCUT2D eigenvalue weighted by atomic mass is 10.1. The molecule has 2 amide bonds. The Labute approximate surface area is 137 Å². The first-order chi connectivity index (χ1) is 10.9. The van der Waals surface area contributed by atoms with Crippen LogP contribution in [0.1, 0.15) is 23.6 Å². The molecule has 0 aliphatic carbocycles. The molecule has 2 aromatic carbocycles. The van der Waals surface area contributed by atoms with Crippen LogP contribution in [0.3, 0.4) is 0 Å². The standard InChI is InChI=1S/C19H22N2O2/c1-13-5-6-14(2)18(11-13)20-19(23)12-16-7-9-17(10-8-16)21(4)15(3)22/h5-11H,12H2,1-4H3,(H,20,23). The summed E-state index contributed by atoms with van der Waals surface area (Å²) in [5.74, 6) is -0.0724. The molecule has 23 heavy (non-hydrogen) atoms. The Morgan fingerprint density at radius 3 is 2.30 bits per heavy atom. The second-order valence-corrected chi connectivity index (χ2v) is 5.79. The molecule has 4 nitrogen and oxygen atoms in total. The third-order valence-electron chi connectivity index (χ3n) is 3.83. The van der Waals surface area contributed by atoms with Crippen molar-refractivity contribution in [1.29, 1.82) is 0 Å². The van der Waals surface area contributed by atoms with Gasteiger partial charge < -0.3 is 10.2 Å². The van der Waals surface area contributed by atoms with Gasteiger partial charge in [-0.2, -0.15) is 0 Å². The van der Waals surface area contributed by atoms with Crippen LogP contribution in [0.4, 0.5) is 11.4 Å². The van der Waals surface area contributed by atoms with E-state index in [-0.39, 0.29) is 11.8 Å². The molecule has 2 rings (SSSR count). The molecular formula is C19H22N2O2. The number of benzene rings is 2. The molecular weight excluding hydrogens is 288 g/mol. The van der Waals surface area contributed by atoms with Gasteiger partial charge in [-0.05, 0) is 48.7 Å². The first kappa shape index (κ1) is 16.7. The number of rotatable bonds is 4. The van der Waals surface area contributed by atoms with Gasteiger partial charge in [0.2, 0.25) is 11.8 Å². The quantitative estimate of drug-likeness (QED) is 0.940. The fourth-order valence-electron chi connectivity index (χ4n) is 2.27. The molecule has 0 bridgehead atoms. The summed E-state index contributed by atoms with van der Waals surface area (Å²) in [5, 5.41) is 2.95. The van der Waals surface area contributed by atoms with Gasteiger partial charge in [0.15, 0.2) is 0 Å². The maximum absolute atomic E-state index is 12.2. The van der Waals surface area contributed by atoms with Gasteiger partial charge in [0.25, 0.3) is 0 Å². The van der Waals surface area contributed by atoms with Gasteiger partial charge >= 0.3 is 0 Å². The number of aryl methyl sites for hydroxylation is 2. The third kappa shape index (κ3) is 4.42. The number of amides is 2. The molecule has 1 N–H and O–H groups in total. The van der Waals surface area contributed by atoms with E-state index in [0.29, 0.717) is 6.42 Å². The fourth-order valence-corrected chi connectivity index (χ4v) is 2.27. The van der Waals surface area contributed by atoms with E-state index in [1.165, 1.54) is 6.92 Å². The van der Waals surface area contributed by atoms with E-state index in [0.717, 1.165) is 28.1 Å². The van der Waals surface area contributed by atoms with Gasteiger partial charge in [0.05, 0.1) is 6.42 Å². The Morgan fingerprint density at radius 2 is 1.70 bits per heavy atom. The minimum absolute atomic E-state index is 0.0228. The van der Waals surface area contributed by atoms with Crippen LogP contribution in [0.15, 0.2) is 42.5 Å². The summed E-state index contributed by atoms with van der Waals surface area (Å²) in [6.07, 6.45) is 0.303. The van der Waals surface area contributed by atoms with Gasteiger partial charge in [0.1, 0.15) is 0 Å². The summed E-state index contributed by atoms with van der Waals surface area (Å²) in [5.41, 5.74) is 4.73. The van der Waals surface area contributed by atoms with Crippen LogP contribution >= 0.6 is 0 Å². The molecule has 0 heterocycles. The molecule has 0 saturated carbocycles. The fraction of sp³-hybridized carbons (Fsp3) is 0.263. The number of carbonyl (C=O) groups excluding carboxylic acids is 2. The lowest BCUT2D eigenvalue weighted by Crippen LogP contribution is -2.22. The highest BCUT2D eigenvalue weighted by atomic mass is 16.2. The molecule has 0 aliphatic heterocycles. The van der Waals surface area contributed by atoms with Crippen LogP contribution < -0.4 is 10.2 Å². The van der Waals surface area contributed by atoms with Crippen LogP contribution in [0, 0.1) is 13.8 Å². The van der Waals surface area contributed by atoms with Gasteiger partial charge in [-0.3, -0.25) is 9.59 Å². The predicted molar refractivity (Wildman–Crippen MR) is 93.8 cm³/mol. The highest BCUT2D eigenvalue weighted by Gasteiger charge is 2.08. The van der Waals surface area contributed by atoms with Gasteiger partial charge in [-0.1, -0.05) is 24.3 Å². The largest absolute Gasteiger partial charge is 0.326 e. The SMILES string of the molecule is CC(=O)N(C)c1ccc(CC(=O)Nc2cc(C)ccc2C)cc1. The van der Waals surface area contributed by atoms with Crippen LogP contribution in [-0.2, 0) is 16.0 Å². The number of anilines is 2. The molecule has 0 unspecified atom stereocenters. The third-order valence-corrected chi connectivity index (χ3v) is 3.83. The van der Waals surface area contributed by atoms with Gasteiger partial charge in [-0.25, -0.2) is 0 Å². The first-order valence-electron chi connectivity index (χ1n) is 7.57. The maximum Gasteiger partial charge on any atom is 0.228 e. The highest BCUT2D eigenvalue weighted by Crippen LogP contribution is 2.18. The Hall–Kier alpha value is -2.62. The minimum atomic E-state index is -0.0497. The molecule has 0 saturated heterocycles. The van der Waals surface area contributed by atoms with E-state index < -0.39 is 0 Å². The molecule has 4 heteroatoms. The number of hydrogen-bond acceptors (Lipinski definition) is 2. The van der Waals surface area contributed by atoms with Crippen molar-refractivity contribution in [2.75, 3.05) is 17.3 Å². The van der Waals surface area contributed by atoms with Crippen molar-refractivity contribution in [2.24, 2.45) is 0 Å². The molecule has 0 radical (unpaired) electrons. The molecule has 0 spiro atoms. The van der Waals surface area contributed by atoms with Crippen molar-refractivity contribution < 1.29 is 9.59 Å². The van der Waals surface area contributed by atoms with Gasteiger partial charge in [-0.15, -0.1) is 0 Å². The molecule has 2 aromatic rings. The predicted octanol–water partition coefficient (Wildman–Crippen LogP) is 3.47. The second-order valence-electron chi connectivity index (χ2n) is 5.79. The summed E-state index contributed by atoms with van der Waals surface area (Å²) in [6.45, 7) is 5.49. The van der Waals surface area contributed by atoms with Crippen LogP contribution in [-0.4, -0.2) is 18.9 Å². The highest BCUT2D eigenvalue weighted by molar-refractivity contribution is 5.93. The van der Waals surface area contributed by atoms with Crippen LogP contribution in [0.5, 0.6) is 0 Å². The number of nitrogens with one attached hydrogen (secondary N) is 1. The number of carbonyl (C=O) groups is 2. The summed E-state index contributed by atoms with van der Waals surface area (Å²) in [4.78, 5) is 25.1. The molecule has 120 valence electrons. The lowest BCUT2D eigenvalue weighted by Gasteiger charge is -2.15. The zero-order valence-corrected chi connectivity index (χ0v) is 14.0. The number of nitrogens with zero attached hydrogens (tertiary/aromatic N) is 1. The molecule has 0 fully saturated rings. The number of hydrogen-bond donors (Lipinski definition) is 1. The van der Waals surface area contributed by atoms with Crippen LogP contribution in [0.25, 0.3) is 0 Å². The normalized spacial score (nSPS) is 10.3. The molecule has 0 aromatic heterocycles. The zero-order valence-electron chi connectivity index (χ0n) is 14.0. The van der Waals surface area contributed by atoms with Gasteiger partial charge in [0, 0.05) is 25.3 Å². The van der Waals surface area contributed by atoms with E-state index in [1.807, 2.05) is 56.3 Å². The smallest absolute Gasteiger partial charge is 0.228 e. The monoisotopic (exact) mass is 310 g/mol.